The van der Waals surface area contributed by atoms with Gasteiger partial charge in [-0.15, -0.1) is 0 Å². The first kappa shape index (κ1) is 17.0. The largest absolute Gasteiger partial charge is 0.497 e. The van der Waals surface area contributed by atoms with Gasteiger partial charge in [0.25, 0.3) is 0 Å². The Morgan fingerprint density at radius 2 is 1.65 bits per heavy atom. The summed E-state index contributed by atoms with van der Waals surface area (Å²) in [4.78, 5) is 15.0. The van der Waals surface area contributed by atoms with E-state index in [1.807, 2.05) is 54.6 Å². The number of carbonyl (C=O) groups excluding carboxylic acids is 1. The average Bonchev–Trinajstić information content (AvgIpc) is 2.60. The van der Waals surface area contributed by atoms with Crippen LogP contribution < -0.4 is 10.1 Å². The zero-order valence-corrected chi connectivity index (χ0v) is 14.0. The predicted octanol–water partition coefficient (Wildman–Crippen LogP) is 3.72. The Morgan fingerprint density at radius 1 is 1.04 bits per heavy atom. The van der Waals surface area contributed by atoms with E-state index in [4.69, 9.17) is 4.74 Å². The summed E-state index contributed by atoms with van der Waals surface area (Å²) in [6, 6.07) is 17.0. The van der Waals surface area contributed by atoms with Gasteiger partial charge in [-0.25, -0.2) is 0 Å². The maximum Gasteiger partial charge on any atom is 0.246 e. The van der Waals surface area contributed by atoms with Crippen molar-refractivity contribution >= 4 is 11.6 Å². The molecule has 2 rings (SSSR count). The van der Waals surface area contributed by atoms with Crippen molar-refractivity contribution in [3.63, 3.8) is 0 Å². The first-order valence-corrected chi connectivity index (χ1v) is 7.93. The van der Waals surface area contributed by atoms with Crippen LogP contribution in [-0.2, 0) is 4.79 Å². The zero-order valence-electron chi connectivity index (χ0n) is 14.0. The zero-order chi connectivity index (χ0) is 16.7. The van der Waals surface area contributed by atoms with Gasteiger partial charge in [-0.3, -0.25) is 9.69 Å². The van der Waals surface area contributed by atoms with Crippen molar-refractivity contribution in [1.29, 1.82) is 0 Å². The Hall–Kier alpha value is -2.33. The maximum absolute atomic E-state index is 12.8. The molecule has 23 heavy (non-hydrogen) atoms. The highest BCUT2D eigenvalue weighted by atomic mass is 16.5. The van der Waals surface area contributed by atoms with Gasteiger partial charge in [0, 0.05) is 5.69 Å². The number of hydrogen-bond acceptors (Lipinski definition) is 3. The number of benzene rings is 2. The molecular weight excluding hydrogens is 288 g/mol. The number of nitrogens with one attached hydrogen (secondary N) is 1. The van der Waals surface area contributed by atoms with E-state index in [1.165, 1.54) is 0 Å². The summed E-state index contributed by atoms with van der Waals surface area (Å²) in [5.74, 6) is 0.747. The molecule has 4 heteroatoms. The van der Waals surface area contributed by atoms with Crippen LogP contribution in [0.1, 0.15) is 25.5 Å². The van der Waals surface area contributed by atoms with Crippen LogP contribution in [0.5, 0.6) is 5.75 Å². The molecule has 1 unspecified atom stereocenters. The van der Waals surface area contributed by atoms with Crippen molar-refractivity contribution in [2.24, 2.45) is 0 Å². The molecular formula is C19H24N2O2. The lowest BCUT2D eigenvalue weighted by Crippen LogP contribution is -2.37. The number of anilines is 1. The second-order valence-corrected chi connectivity index (χ2v) is 5.25. The molecule has 1 N–H and O–H groups in total. The molecule has 0 spiro atoms. The van der Waals surface area contributed by atoms with Gasteiger partial charge in [-0.1, -0.05) is 44.2 Å². The molecule has 2 aromatic carbocycles. The van der Waals surface area contributed by atoms with Gasteiger partial charge in [0.2, 0.25) is 5.91 Å². The molecule has 0 saturated heterocycles. The molecule has 0 saturated carbocycles. The molecule has 0 aromatic heterocycles. The quantitative estimate of drug-likeness (QED) is 0.847. The van der Waals surface area contributed by atoms with Gasteiger partial charge in [0.05, 0.1) is 7.11 Å². The van der Waals surface area contributed by atoms with Crippen molar-refractivity contribution in [2.45, 2.75) is 19.9 Å². The third-order valence-corrected chi connectivity index (χ3v) is 3.90. The Balaban J connectivity index is 2.22. The molecule has 0 fully saturated rings. The van der Waals surface area contributed by atoms with Crippen LogP contribution in [0.2, 0.25) is 0 Å². The highest BCUT2D eigenvalue weighted by Crippen LogP contribution is 2.23. The number of nitrogens with zero attached hydrogens (tertiary/aromatic N) is 1. The predicted molar refractivity (Wildman–Crippen MR) is 93.7 cm³/mol. The van der Waals surface area contributed by atoms with Gasteiger partial charge >= 0.3 is 0 Å². The van der Waals surface area contributed by atoms with E-state index in [-0.39, 0.29) is 11.9 Å². The second-order valence-electron chi connectivity index (χ2n) is 5.25. The van der Waals surface area contributed by atoms with Crippen LogP contribution in [0.15, 0.2) is 54.6 Å². The van der Waals surface area contributed by atoms with Gasteiger partial charge in [-0.2, -0.15) is 0 Å². The van der Waals surface area contributed by atoms with Crippen LogP contribution in [0, 0.1) is 0 Å². The molecule has 0 aliphatic rings. The van der Waals surface area contributed by atoms with Gasteiger partial charge < -0.3 is 10.1 Å². The molecule has 0 heterocycles. The van der Waals surface area contributed by atoms with E-state index in [0.717, 1.165) is 30.1 Å². The molecule has 0 aliphatic carbocycles. The fourth-order valence-electron chi connectivity index (χ4n) is 2.64. The number of rotatable bonds is 7. The van der Waals surface area contributed by atoms with Crippen LogP contribution in [0.3, 0.4) is 0 Å². The summed E-state index contributed by atoms with van der Waals surface area (Å²) < 4.78 is 5.14. The van der Waals surface area contributed by atoms with E-state index >= 15 is 0 Å². The van der Waals surface area contributed by atoms with Crippen LogP contribution in [0.4, 0.5) is 5.69 Å². The average molecular weight is 312 g/mol. The first-order valence-electron chi connectivity index (χ1n) is 7.93. The minimum Gasteiger partial charge on any atom is -0.497 e. The minimum absolute atomic E-state index is 0.0231. The van der Waals surface area contributed by atoms with Crippen LogP contribution >= 0.6 is 0 Å². The van der Waals surface area contributed by atoms with Crippen LogP contribution in [0.25, 0.3) is 0 Å². The second kappa shape index (κ2) is 8.34. The van der Waals surface area contributed by atoms with E-state index in [2.05, 4.69) is 24.1 Å². The number of carbonyl (C=O) groups is 1. The number of methoxy groups -OCH3 is 1. The summed E-state index contributed by atoms with van der Waals surface area (Å²) in [6.45, 7) is 5.76. The number of amides is 1. The summed E-state index contributed by atoms with van der Waals surface area (Å²) in [5.41, 5.74) is 1.77. The number of ether oxygens (including phenoxy) is 1. The van der Waals surface area contributed by atoms with Crippen molar-refractivity contribution in [3.8, 4) is 5.75 Å². The molecule has 0 bridgehead atoms. The molecule has 0 aliphatic heterocycles. The summed E-state index contributed by atoms with van der Waals surface area (Å²) in [6.07, 6.45) is 0. The van der Waals surface area contributed by atoms with Crippen LogP contribution in [-0.4, -0.2) is 31.0 Å². The van der Waals surface area contributed by atoms with E-state index in [9.17, 15) is 4.79 Å². The fourth-order valence-corrected chi connectivity index (χ4v) is 2.64. The van der Waals surface area contributed by atoms with E-state index in [1.54, 1.807) is 7.11 Å². The first-order chi connectivity index (χ1) is 11.2. The SMILES string of the molecule is CCN(CC)C(C(=O)Nc1ccc(OC)cc1)c1ccccc1. The Bertz CT molecular complexity index is 607. The highest BCUT2D eigenvalue weighted by molar-refractivity contribution is 5.95. The van der Waals surface area contributed by atoms with E-state index < -0.39 is 0 Å². The lowest BCUT2D eigenvalue weighted by atomic mass is 10.0. The molecule has 1 atom stereocenters. The molecule has 1 amide bonds. The summed E-state index contributed by atoms with van der Waals surface area (Å²) >= 11 is 0. The Labute approximate surface area is 138 Å². The number of likely N-dealkylation sites (N-methyl/N-ethyl adjacent to an activating group) is 1. The summed E-state index contributed by atoms with van der Waals surface area (Å²) in [5, 5.41) is 3.00. The highest BCUT2D eigenvalue weighted by Gasteiger charge is 2.25. The summed E-state index contributed by atoms with van der Waals surface area (Å²) in [7, 11) is 1.62. The molecule has 0 radical (unpaired) electrons. The normalized spacial score (nSPS) is 12.0. The lowest BCUT2D eigenvalue weighted by molar-refractivity contribution is -0.121. The van der Waals surface area contributed by atoms with Crippen molar-refractivity contribution in [2.75, 3.05) is 25.5 Å². The topological polar surface area (TPSA) is 41.6 Å². The standard InChI is InChI=1S/C19H24N2O2/c1-4-21(5-2)18(15-9-7-6-8-10-15)19(22)20-16-11-13-17(23-3)14-12-16/h6-14,18H,4-5H2,1-3H3,(H,20,22). The van der Waals surface area contributed by atoms with Gasteiger partial charge in [0.15, 0.2) is 0 Å². The molecule has 4 nitrogen and oxygen atoms in total. The van der Waals surface area contributed by atoms with Gasteiger partial charge in [-0.05, 0) is 42.9 Å². The monoisotopic (exact) mass is 312 g/mol. The third kappa shape index (κ3) is 4.33. The number of hydrogen-bond donors (Lipinski definition) is 1. The van der Waals surface area contributed by atoms with Gasteiger partial charge in [0.1, 0.15) is 11.8 Å². The lowest BCUT2D eigenvalue weighted by Gasteiger charge is -2.29. The fraction of sp³-hybridized carbons (Fsp3) is 0.316. The molecule has 2 aromatic rings. The van der Waals surface area contributed by atoms with Crippen molar-refractivity contribution in [3.05, 3.63) is 60.2 Å². The Kier molecular flexibility index (Phi) is 6.18. The maximum atomic E-state index is 12.8. The third-order valence-electron chi connectivity index (χ3n) is 3.90. The Morgan fingerprint density at radius 3 is 2.17 bits per heavy atom. The van der Waals surface area contributed by atoms with Crippen molar-refractivity contribution in [1.82, 2.24) is 4.90 Å². The van der Waals surface area contributed by atoms with Crippen molar-refractivity contribution < 1.29 is 9.53 Å². The smallest absolute Gasteiger partial charge is 0.246 e. The molecule has 122 valence electrons. The van der Waals surface area contributed by atoms with E-state index in [0.29, 0.717) is 0 Å². The minimum atomic E-state index is -0.298.